The van der Waals surface area contributed by atoms with E-state index in [-0.39, 0.29) is 17.1 Å². The molecule has 1 aliphatic rings. The summed E-state index contributed by atoms with van der Waals surface area (Å²) in [4.78, 5) is 27.9. The Morgan fingerprint density at radius 2 is 1.69 bits per heavy atom. The van der Waals surface area contributed by atoms with Crippen LogP contribution in [0.5, 0.6) is 11.5 Å². The van der Waals surface area contributed by atoms with Gasteiger partial charge in [-0.15, -0.1) is 0 Å². The van der Waals surface area contributed by atoms with Gasteiger partial charge >= 0.3 is 0 Å². The fourth-order valence-electron chi connectivity index (χ4n) is 4.17. The molecule has 2 N–H and O–H groups in total. The first-order valence-electron chi connectivity index (χ1n) is 11.5. The number of rotatable bonds is 9. The van der Waals surface area contributed by atoms with E-state index < -0.39 is 23.5 Å². The number of phenols is 1. The van der Waals surface area contributed by atoms with Crippen LogP contribution in [-0.4, -0.2) is 40.0 Å². The Balaban J connectivity index is 1.71. The highest BCUT2D eigenvalue weighted by Gasteiger charge is 2.42. The zero-order valence-corrected chi connectivity index (χ0v) is 19.4. The van der Waals surface area contributed by atoms with Gasteiger partial charge in [0.15, 0.2) is 23.0 Å². The Labute approximate surface area is 204 Å². The molecule has 0 saturated carbocycles. The predicted octanol–water partition coefficient (Wildman–Crippen LogP) is 5.01. The summed E-state index contributed by atoms with van der Waals surface area (Å²) in [5.41, 5.74) is 2.42. The van der Waals surface area contributed by atoms with Gasteiger partial charge in [-0.1, -0.05) is 72.8 Å². The molecule has 1 unspecified atom stereocenters. The second-order valence-electron chi connectivity index (χ2n) is 8.17. The molecule has 1 heterocycles. The van der Waals surface area contributed by atoms with Crippen LogP contribution in [0, 0.1) is 0 Å². The molecule has 0 bridgehead atoms. The number of ketones is 1. The molecule has 178 valence electrons. The fourth-order valence-corrected chi connectivity index (χ4v) is 4.17. The number of hydrogen-bond donors (Lipinski definition) is 2. The Morgan fingerprint density at radius 3 is 2.37 bits per heavy atom. The molecular formula is C29H27NO5. The van der Waals surface area contributed by atoms with E-state index in [1.54, 1.807) is 25.1 Å². The number of ether oxygens (including phenoxy) is 1. The van der Waals surface area contributed by atoms with Crippen molar-refractivity contribution in [1.82, 2.24) is 4.90 Å². The van der Waals surface area contributed by atoms with Crippen molar-refractivity contribution in [3.8, 4) is 11.5 Å². The van der Waals surface area contributed by atoms with E-state index in [0.717, 1.165) is 11.1 Å². The van der Waals surface area contributed by atoms with Crippen LogP contribution in [0.1, 0.15) is 29.7 Å². The largest absolute Gasteiger partial charge is 0.504 e. The van der Waals surface area contributed by atoms with E-state index in [0.29, 0.717) is 25.1 Å². The topological polar surface area (TPSA) is 87.1 Å². The van der Waals surface area contributed by atoms with E-state index >= 15 is 0 Å². The van der Waals surface area contributed by atoms with E-state index in [4.69, 9.17) is 4.74 Å². The summed E-state index contributed by atoms with van der Waals surface area (Å²) in [6.45, 7) is 2.43. The molecule has 0 saturated heterocycles. The molecule has 0 fully saturated rings. The van der Waals surface area contributed by atoms with Crippen molar-refractivity contribution in [2.24, 2.45) is 0 Å². The highest BCUT2D eigenvalue weighted by atomic mass is 16.5. The highest BCUT2D eigenvalue weighted by molar-refractivity contribution is 6.14. The Morgan fingerprint density at radius 1 is 1.00 bits per heavy atom. The molecule has 6 heteroatoms. The summed E-state index contributed by atoms with van der Waals surface area (Å²) in [5.74, 6) is -1.41. The second-order valence-corrected chi connectivity index (χ2v) is 8.17. The minimum Gasteiger partial charge on any atom is -0.504 e. The lowest BCUT2D eigenvalue weighted by atomic mass is 9.95. The van der Waals surface area contributed by atoms with E-state index in [1.807, 2.05) is 60.7 Å². The zero-order chi connectivity index (χ0) is 24.8. The van der Waals surface area contributed by atoms with E-state index in [9.17, 15) is 19.8 Å². The van der Waals surface area contributed by atoms with Gasteiger partial charge in [0, 0.05) is 6.54 Å². The van der Waals surface area contributed by atoms with Gasteiger partial charge in [0.1, 0.15) is 0 Å². The molecule has 6 nitrogen and oxygen atoms in total. The number of nitrogens with zero attached hydrogens (tertiary/aromatic N) is 1. The fraction of sp³-hybridized carbons (Fsp3) is 0.172. The van der Waals surface area contributed by atoms with Gasteiger partial charge in [0.25, 0.3) is 5.91 Å². The van der Waals surface area contributed by atoms with Crippen molar-refractivity contribution < 1.29 is 24.5 Å². The Bertz CT molecular complexity index is 1260. The third-order valence-electron chi connectivity index (χ3n) is 5.88. The molecule has 1 aliphatic heterocycles. The van der Waals surface area contributed by atoms with Crippen molar-refractivity contribution in [1.29, 1.82) is 0 Å². The Kier molecular flexibility index (Phi) is 7.31. The van der Waals surface area contributed by atoms with Crippen molar-refractivity contribution in [2.75, 3.05) is 13.2 Å². The van der Waals surface area contributed by atoms with Crippen LogP contribution in [-0.2, 0) is 16.0 Å². The first-order chi connectivity index (χ1) is 17.0. The summed E-state index contributed by atoms with van der Waals surface area (Å²) in [6.07, 6.45) is 3.57. The summed E-state index contributed by atoms with van der Waals surface area (Å²) >= 11 is 0. The van der Waals surface area contributed by atoms with Crippen LogP contribution in [0.25, 0.3) is 6.08 Å². The number of hydrogen-bond acceptors (Lipinski definition) is 5. The third kappa shape index (κ3) is 5.27. The first kappa shape index (κ1) is 23.8. The maximum absolute atomic E-state index is 13.3. The summed E-state index contributed by atoms with van der Waals surface area (Å²) in [6, 6.07) is 22.9. The van der Waals surface area contributed by atoms with Gasteiger partial charge in [0.05, 0.1) is 18.2 Å². The quantitative estimate of drug-likeness (QED) is 0.430. The normalized spacial score (nSPS) is 15.7. The predicted molar refractivity (Wildman–Crippen MR) is 134 cm³/mol. The maximum atomic E-state index is 13.3. The number of aliphatic hydroxyl groups is 1. The minimum atomic E-state index is -0.820. The lowest BCUT2D eigenvalue weighted by molar-refractivity contribution is -0.129. The smallest absolute Gasteiger partial charge is 0.290 e. The van der Waals surface area contributed by atoms with Crippen molar-refractivity contribution in [3.05, 3.63) is 113 Å². The number of carbonyl (C=O) groups excluding carboxylic acids is 2. The average molecular weight is 470 g/mol. The lowest BCUT2D eigenvalue weighted by Crippen LogP contribution is -2.33. The Hall–Kier alpha value is -4.32. The molecule has 1 atom stereocenters. The van der Waals surface area contributed by atoms with Gasteiger partial charge in [-0.05, 0) is 48.2 Å². The molecule has 35 heavy (non-hydrogen) atoms. The average Bonchev–Trinajstić information content (AvgIpc) is 3.13. The maximum Gasteiger partial charge on any atom is 0.290 e. The van der Waals surface area contributed by atoms with E-state index in [1.165, 1.54) is 17.0 Å². The van der Waals surface area contributed by atoms with Crippen molar-refractivity contribution in [2.45, 2.75) is 19.4 Å². The van der Waals surface area contributed by atoms with Crippen LogP contribution in [0.15, 0.2) is 96.3 Å². The minimum absolute atomic E-state index is 0.00313. The molecule has 0 aromatic heterocycles. The monoisotopic (exact) mass is 469 g/mol. The number of phenolic OH excluding ortho intramolecular Hbond substituents is 1. The number of amides is 1. The van der Waals surface area contributed by atoms with E-state index in [2.05, 4.69) is 0 Å². The summed E-state index contributed by atoms with van der Waals surface area (Å²) in [7, 11) is 0. The van der Waals surface area contributed by atoms with Gasteiger partial charge in [-0.25, -0.2) is 0 Å². The number of carbonyl (C=O) groups is 2. The first-order valence-corrected chi connectivity index (χ1v) is 11.5. The van der Waals surface area contributed by atoms with Crippen LogP contribution < -0.4 is 4.74 Å². The van der Waals surface area contributed by atoms with Crippen LogP contribution in [0.2, 0.25) is 0 Å². The standard InChI is InChI=1S/C29H27NO5/c1-2-35-25-19-22(14-16-23(25)31)27-26(24(32)15-13-20-9-5-3-6-10-20)28(33)29(34)30(27)18-17-21-11-7-4-8-12-21/h3-16,19,27,31,33H,2,17-18H2,1H3/b15-13+. The molecule has 0 aliphatic carbocycles. The zero-order valence-electron chi connectivity index (χ0n) is 19.4. The molecule has 1 amide bonds. The number of allylic oxidation sites excluding steroid dienone is 1. The van der Waals surface area contributed by atoms with Gasteiger partial charge < -0.3 is 19.8 Å². The second kappa shape index (κ2) is 10.7. The number of benzene rings is 3. The third-order valence-corrected chi connectivity index (χ3v) is 5.88. The van der Waals surface area contributed by atoms with Gasteiger partial charge in [-0.3, -0.25) is 9.59 Å². The molecule has 0 radical (unpaired) electrons. The lowest BCUT2D eigenvalue weighted by Gasteiger charge is -2.27. The van der Waals surface area contributed by atoms with Gasteiger partial charge in [0.2, 0.25) is 0 Å². The summed E-state index contributed by atoms with van der Waals surface area (Å²) < 4.78 is 5.53. The number of aliphatic hydroxyl groups excluding tert-OH is 1. The van der Waals surface area contributed by atoms with Crippen LogP contribution in [0.3, 0.4) is 0 Å². The van der Waals surface area contributed by atoms with Crippen LogP contribution >= 0.6 is 0 Å². The van der Waals surface area contributed by atoms with Crippen molar-refractivity contribution in [3.63, 3.8) is 0 Å². The highest BCUT2D eigenvalue weighted by Crippen LogP contribution is 2.40. The van der Waals surface area contributed by atoms with Crippen LogP contribution in [0.4, 0.5) is 0 Å². The molecule has 4 rings (SSSR count). The SMILES string of the molecule is CCOc1cc(C2C(C(=O)/C=C/c3ccccc3)=C(O)C(=O)N2CCc2ccccc2)ccc1O. The number of aromatic hydroxyl groups is 1. The molecule has 3 aromatic rings. The molecular weight excluding hydrogens is 442 g/mol. The molecule has 0 spiro atoms. The van der Waals surface area contributed by atoms with Gasteiger partial charge in [-0.2, -0.15) is 0 Å². The van der Waals surface area contributed by atoms with Crippen molar-refractivity contribution >= 4 is 17.8 Å². The summed E-state index contributed by atoms with van der Waals surface area (Å²) in [5, 5.41) is 21.0. The molecule has 3 aromatic carbocycles.